The molecular formula is C20H22N4O6S. The molecule has 1 amide bonds. The van der Waals surface area contributed by atoms with Crippen LogP contribution in [0.3, 0.4) is 0 Å². The lowest BCUT2D eigenvalue weighted by Gasteiger charge is -2.13. The monoisotopic (exact) mass is 446 g/mol. The first-order valence-corrected chi connectivity index (χ1v) is 10.7. The lowest BCUT2D eigenvalue weighted by molar-refractivity contribution is 0.0995. The number of primary amides is 1. The molecule has 164 valence electrons. The van der Waals surface area contributed by atoms with Crippen molar-refractivity contribution >= 4 is 38.2 Å². The summed E-state index contributed by atoms with van der Waals surface area (Å²) in [5, 5.41) is 6.45. The first-order valence-electron chi connectivity index (χ1n) is 9.29. The molecule has 11 heteroatoms. The summed E-state index contributed by atoms with van der Waals surface area (Å²) in [5.74, 6) is -0.500. The highest BCUT2D eigenvalue weighted by Crippen LogP contribution is 2.37. The maximum atomic E-state index is 13.4. The molecular weight excluding hydrogens is 424 g/mol. The minimum Gasteiger partial charge on any atom is -0.497 e. The average molecular weight is 446 g/mol. The van der Waals surface area contributed by atoms with Gasteiger partial charge in [0.05, 0.1) is 17.5 Å². The number of amides is 1. The molecule has 0 atom stereocenters. The molecule has 0 fully saturated rings. The van der Waals surface area contributed by atoms with Gasteiger partial charge in [-0.25, -0.2) is 12.4 Å². The largest absolute Gasteiger partial charge is 0.497 e. The van der Waals surface area contributed by atoms with E-state index in [0.29, 0.717) is 36.4 Å². The van der Waals surface area contributed by atoms with Gasteiger partial charge in [0.2, 0.25) is 0 Å². The molecule has 3 rings (SSSR count). The summed E-state index contributed by atoms with van der Waals surface area (Å²) in [7, 11) is -1.24. The van der Waals surface area contributed by atoms with E-state index in [1.165, 1.54) is 43.5 Å². The second-order valence-corrected chi connectivity index (χ2v) is 8.38. The van der Waals surface area contributed by atoms with Crippen LogP contribution in [0.4, 0.5) is 11.4 Å². The van der Waals surface area contributed by atoms with Crippen molar-refractivity contribution in [1.29, 1.82) is 0 Å². The Labute approximate surface area is 179 Å². The average Bonchev–Trinajstić information content (AvgIpc) is 3.19. The van der Waals surface area contributed by atoms with Crippen LogP contribution in [-0.4, -0.2) is 45.7 Å². The van der Waals surface area contributed by atoms with Gasteiger partial charge >= 0.3 is 0 Å². The molecule has 0 unspecified atom stereocenters. The fourth-order valence-corrected chi connectivity index (χ4v) is 4.74. The van der Waals surface area contributed by atoms with Gasteiger partial charge in [-0.1, -0.05) is 0 Å². The summed E-state index contributed by atoms with van der Waals surface area (Å²) in [5.41, 5.74) is 5.56. The first-order chi connectivity index (χ1) is 14.8. The van der Waals surface area contributed by atoms with Gasteiger partial charge in [0.25, 0.3) is 15.9 Å². The van der Waals surface area contributed by atoms with Crippen LogP contribution in [0.1, 0.15) is 16.9 Å². The van der Waals surface area contributed by atoms with Gasteiger partial charge in [-0.3, -0.25) is 4.79 Å². The third-order valence-electron chi connectivity index (χ3n) is 4.69. The second-order valence-electron chi connectivity index (χ2n) is 6.60. The Morgan fingerprint density at radius 2 is 1.87 bits per heavy atom. The van der Waals surface area contributed by atoms with E-state index in [9.17, 15) is 18.1 Å². The molecule has 1 aromatic heterocycles. The van der Waals surface area contributed by atoms with Crippen LogP contribution in [0.25, 0.3) is 10.9 Å². The number of hydrogen-bond acceptors (Lipinski definition) is 8. The highest BCUT2D eigenvalue weighted by molar-refractivity contribution is 7.90. The number of fused-ring (bicyclic) bond motifs is 1. The summed E-state index contributed by atoms with van der Waals surface area (Å²) < 4.78 is 37.7. The predicted octanol–water partition coefficient (Wildman–Crippen LogP) is 2.83. The minimum atomic E-state index is -4.29. The van der Waals surface area contributed by atoms with Gasteiger partial charge in [0, 0.05) is 31.3 Å². The van der Waals surface area contributed by atoms with Gasteiger partial charge in [-0.15, -0.1) is 4.91 Å². The van der Waals surface area contributed by atoms with Crippen LogP contribution in [-0.2, 0) is 14.8 Å². The molecule has 10 nitrogen and oxygen atoms in total. The summed E-state index contributed by atoms with van der Waals surface area (Å²) in [6, 6.07) is 9.96. The molecule has 0 saturated carbocycles. The summed E-state index contributed by atoms with van der Waals surface area (Å²) >= 11 is 0. The number of nitrogens with one attached hydrogen (secondary N) is 1. The third kappa shape index (κ3) is 4.23. The quantitative estimate of drug-likeness (QED) is 0.360. The molecule has 0 spiro atoms. The van der Waals surface area contributed by atoms with Crippen LogP contribution < -0.4 is 15.8 Å². The third-order valence-corrected chi connectivity index (χ3v) is 6.42. The zero-order valence-electron chi connectivity index (χ0n) is 17.0. The lowest BCUT2D eigenvalue weighted by Crippen LogP contribution is -2.22. The molecule has 0 aliphatic rings. The Balaban J connectivity index is 2.24. The molecule has 1 heterocycles. The maximum Gasteiger partial charge on any atom is 0.268 e. The number of rotatable bonds is 10. The summed E-state index contributed by atoms with van der Waals surface area (Å²) in [4.78, 5) is 23.5. The van der Waals surface area contributed by atoms with E-state index in [4.69, 9.17) is 15.2 Å². The molecule has 0 radical (unpaired) electrons. The first kappa shape index (κ1) is 22.2. The van der Waals surface area contributed by atoms with E-state index in [0.717, 1.165) is 3.97 Å². The smallest absolute Gasteiger partial charge is 0.268 e. The number of aromatic nitrogens is 1. The molecule has 3 N–H and O–H groups in total. The maximum absolute atomic E-state index is 13.4. The van der Waals surface area contributed by atoms with E-state index < -0.39 is 15.9 Å². The Morgan fingerprint density at radius 3 is 2.45 bits per heavy atom. The molecule has 0 aliphatic heterocycles. The number of ether oxygens (including phenoxy) is 2. The van der Waals surface area contributed by atoms with Crippen LogP contribution in [0.2, 0.25) is 0 Å². The van der Waals surface area contributed by atoms with E-state index in [-0.39, 0.29) is 21.8 Å². The number of methoxy groups -OCH3 is 2. The van der Waals surface area contributed by atoms with Crippen molar-refractivity contribution in [2.24, 2.45) is 10.9 Å². The number of carbonyl (C=O) groups is 1. The number of benzene rings is 2. The van der Waals surface area contributed by atoms with Crippen LogP contribution in [0.15, 0.2) is 52.5 Å². The fraction of sp³-hybridized carbons (Fsp3) is 0.250. The summed E-state index contributed by atoms with van der Waals surface area (Å²) in [6.45, 7) is 1.06. The standard InChI is InChI=1S/C20H22N4O6S/c1-29-11-3-10-22-16-8-9-17(23-26)19-15(16)12-18(20(21)25)24(19)31(27,28)14-6-4-13(30-2)5-7-14/h4-9,12,22H,3,10-11H2,1-2H3,(H2,21,25). The normalized spacial score (nSPS) is 11.4. The zero-order chi connectivity index (χ0) is 22.6. The number of nitrogens with zero attached hydrogens (tertiary/aromatic N) is 2. The van der Waals surface area contributed by atoms with Gasteiger partial charge in [-0.05, 0) is 54.1 Å². The van der Waals surface area contributed by atoms with Crippen molar-refractivity contribution in [3.63, 3.8) is 0 Å². The molecule has 2 aromatic carbocycles. The van der Waals surface area contributed by atoms with Crippen molar-refractivity contribution in [3.05, 3.63) is 53.1 Å². The van der Waals surface area contributed by atoms with Crippen molar-refractivity contribution in [2.75, 3.05) is 32.7 Å². The van der Waals surface area contributed by atoms with Crippen LogP contribution >= 0.6 is 0 Å². The van der Waals surface area contributed by atoms with E-state index in [1.807, 2.05) is 0 Å². The SMILES string of the molecule is COCCCNc1ccc(N=O)c2c1cc(C(N)=O)n2S(=O)(=O)c1ccc(OC)cc1. The number of nitrogens with two attached hydrogens (primary N) is 1. The van der Waals surface area contributed by atoms with Crippen LogP contribution in [0.5, 0.6) is 5.75 Å². The lowest BCUT2D eigenvalue weighted by atomic mass is 10.2. The Kier molecular flexibility index (Phi) is 6.56. The summed E-state index contributed by atoms with van der Waals surface area (Å²) in [6.07, 6.45) is 0.694. The van der Waals surface area contributed by atoms with Gasteiger partial charge in [0.1, 0.15) is 17.1 Å². The van der Waals surface area contributed by atoms with Gasteiger partial charge in [-0.2, -0.15) is 0 Å². The topological polar surface area (TPSA) is 142 Å². The Hall–Kier alpha value is -3.44. The van der Waals surface area contributed by atoms with E-state index >= 15 is 0 Å². The second kappa shape index (κ2) is 9.14. The van der Waals surface area contributed by atoms with Crippen molar-refractivity contribution in [2.45, 2.75) is 11.3 Å². The molecule has 0 bridgehead atoms. The van der Waals surface area contributed by atoms with Crippen molar-refractivity contribution in [3.8, 4) is 5.75 Å². The number of carbonyl (C=O) groups excluding carboxylic acids is 1. The van der Waals surface area contributed by atoms with Crippen LogP contribution in [0, 0.1) is 4.91 Å². The highest BCUT2D eigenvalue weighted by atomic mass is 32.2. The molecule has 0 aliphatic carbocycles. The minimum absolute atomic E-state index is 0.0311. The van der Waals surface area contributed by atoms with E-state index in [2.05, 4.69) is 10.5 Å². The van der Waals surface area contributed by atoms with E-state index in [1.54, 1.807) is 13.2 Å². The van der Waals surface area contributed by atoms with Gasteiger partial charge in [0.15, 0.2) is 0 Å². The number of hydrogen-bond donors (Lipinski definition) is 2. The Morgan fingerprint density at radius 1 is 1.16 bits per heavy atom. The van der Waals surface area contributed by atoms with Crippen molar-refractivity contribution < 1.29 is 22.7 Å². The molecule has 3 aromatic rings. The fourth-order valence-electron chi connectivity index (χ4n) is 3.21. The highest BCUT2D eigenvalue weighted by Gasteiger charge is 2.28. The zero-order valence-corrected chi connectivity index (χ0v) is 17.8. The molecule has 31 heavy (non-hydrogen) atoms. The van der Waals surface area contributed by atoms with Crippen molar-refractivity contribution in [1.82, 2.24) is 3.97 Å². The Bertz CT molecular complexity index is 1220. The molecule has 0 saturated heterocycles. The predicted molar refractivity (Wildman–Crippen MR) is 116 cm³/mol. The van der Waals surface area contributed by atoms with Gasteiger partial charge < -0.3 is 20.5 Å². The number of anilines is 1. The number of nitroso groups, excluding NO2 is 1.